The molecule has 1 rings (SSSR count). The Balaban J connectivity index is 2.94. The molecule has 0 bridgehead atoms. The molecular formula is C10H15BO3. The van der Waals surface area contributed by atoms with E-state index in [1.807, 2.05) is 26.0 Å². The summed E-state index contributed by atoms with van der Waals surface area (Å²) in [6, 6.07) is 7.16. The van der Waals surface area contributed by atoms with Gasteiger partial charge in [0.1, 0.15) is 0 Å². The Bertz CT molecular complexity index is 288. The van der Waals surface area contributed by atoms with Crippen LogP contribution in [-0.4, -0.2) is 23.8 Å². The van der Waals surface area contributed by atoms with Crippen LogP contribution in [0.3, 0.4) is 0 Å². The molecule has 76 valence electrons. The van der Waals surface area contributed by atoms with Gasteiger partial charge in [-0.15, -0.1) is 0 Å². The highest BCUT2D eigenvalue weighted by atomic mass is 16.5. The molecule has 1 aromatic rings. The van der Waals surface area contributed by atoms with Crippen LogP contribution in [0.25, 0.3) is 0 Å². The van der Waals surface area contributed by atoms with E-state index in [4.69, 9.17) is 14.8 Å². The fourth-order valence-corrected chi connectivity index (χ4v) is 1.46. The first-order valence-electron chi connectivity index (χ1n) is 4.73. The van der Waals surface area contributed by atoms with Gasteiger partial charge in [-0.05, 0) is 24.9 Å². The van der Waals surface area contributed by atoms with Gasteiger partial charge in [-0.25, -0.2) is 0 Å². The Morgan fingerprint density at radius 2 is 2.00 bits per heavy atom. The lowest BCUT2D eigenvalue weighted by Crippen LogP contribution is -2.33. The summed E-state index contributed by atoms with van der Waals surface area (Å²) in [6.45, 7) is 4.41. The Morgan fingerprint density at radius 1 is 1.36 bits per heavy atom. The van der Waals surface area contributed by atoms with Crippen molar-refractivity contribution in [3.05, 3.63) is 29.8 Å². The molecule has 4 heteroatoms. The standard InChI is InChI=1S/C10H15BO3/c1-3-14-8(2)9-6-4-5-7-10(9)11(12)13/h4-8,12-13H,3H2,1-2H3. The number of benzene rings is 1. The molecule has 0 spiro atoms. The largest absolute Gasteiger partial charge is 0.488 e. The van der Waals surface area contributed by atoms with Gasteiger partial charge in [-0.3, -0.25) is 0 Å². The molecule has 0 aliphatic carbocycles. The van der Waals surface area contributed by atoms with Crippen molar-refractivity contribution in [3.8, 4) is 0 Å². The lowest BCUT2D eigenvalue weighted by Gasteiger charge is -2.15. The third-order valence-electron chi connectivity index (χ3n) is 2.13. The third kappa shape index (κ3) is 2.58. The van der Waals surface area contributed by atoms with E-state index in [0.29, 0.717) is 12.1 Å². The number of hydrogen-bond donors (Lipinski definition) is 2. The van der Waals surface area contributed by atoms with Gasteiger partial charge in [-0.1, -0.05) is 24.3 Å². The first-order valence-corrected chi connectivity index (χ1v) is 4.73. The van der Waals surface area contributed by atoms with E-state index in [1.165, 1.54) is 0 Å². The van der Waals surface area contributed by atoms with E-state index < -0.39 is 7.12 Å². The van der Waals surface area contributed by atoms with Crippen LogP contribution in [0.2, 0.25) is 0 Å². The van der Waals surface area contributed by atoms with Crippen molar-refractivity contribution in [3.63, 3.8) is 0 Å². The number of hydrogen-bond acceptors (Lipinski definition) is 3. The van der Waals surface area contributed by atoms with Crippen molar-refractivity contribution in [2.75, 3.05) is 6.61 Å². The first-order chi connectivity index (χ1) is 6.66. The van der Waals surface area contributed by atoms with E-state index in [9.17, 15) is 0 Å². The van der Waals surface area contributed by atoms with Gasteiger partial charge in [0, 0.05) is 6.61 Å². The molecule has 0 aliphatic heterocycles. The van der Waals surface area contributed by atoms with Gasteiger partial charge in [0.15, 0.2) is 0 Å². The normalized spacial score (nSPS) is 12.6. The molecule has 14 heavy (non-hydrogen) atoms. The summed E-state index contributed by atoms with van der Waals surface area (Å²) in [5, 5.41) is 18.2. The fraction of sp³-hybridized carbons (Fsp3) is 0.400. The molecule has 0 aliphatic rings. The zero-order valence-corrected chi connectivity index (χ0v) is 8.47. The number of rotatable bonds is 4. The zero-order chi connectivity index (χ0) is 10.6. The maximum absolute atomic E-state index is 9.12. The van der Waals surface area contributed by atoms with Gasteiger partial charge in [0.2, 0.25) is 0 Å². The van der Waals surface area contributed by atoms with E-state index >= 15 is 0 Å². The highest BCUT2D eigenvalue weighted by molar-refractivity contribution is 6.59. The van der Waals surface area contributed by atoms with Gasteiger partial charge in [-0.2, -0.15) is 0 Å². The van der Waals surface area contributed by atoms with Crippen LogP contribution < -0.4 is 5.46 Å². The summed E-state index contributed by atoms with van der Waals surface area (Å²) < 4.78 is 5.40. The minimum atomic E-state index is -1.44. The van der Waals surface area contributed by atoms with Crippen LogP contribution in [0.1, 0.15) is 25.5 Å². The predicted octanol–water partition coefficient (Wildman–Crippen LogP) is 0.464. The summed E-state index contributed by atoms with van der Waals surface area (Å²) in [5.74, 6) is 0. The topological polar surface area (TPSA) is 49.7 Å². The van der Waals surface area contributed by atoms with Crippen molar-refractivity contribution < 1.29 is 14.8 Å². The second-order valence-corrected chi connectivity index (χ2v) is 3.10. The van der Waals surface area contributed by atoms with Crippen molar-refractivity contribution >= 4 is 12.6 Å². The molecule has 1 atom stereocenters. The summed E-state index contributed by atoms with van der Waals surface area (Å²) in [5.41, 5.74) is 1.33. The van der Waals surface area contributed by atoms with E-state index in [-0.39, 0.29) is 6.10 Å². The molecular weight excluding hydrogens is 179 g/mol. The molecule has 0 saturated heterocycles. The molecule has 3 nitrogen and oxygen atoms in total. The van der Waals surface area contributed by atoms with Crippen molar-refractivity contribution in [1.82, 2.24) is 0 Å². The van der Waals surface area contributed by atoms with Crippen LogP contribution >= 0.6 is 0 Å². The van der Waals surface area contributed by atoms with Gasteiger partial charge in [0.05, 0.1) is 6.10 Å². The smallest absolute Gasteiger partial charge is 0.423 e. The molecule has 1 unspecified atom stereocenters. The quantitative estimate of drug-likeness (QED) is 0.684. The van der Waals surface area contributed by atoms with Gasteiger partial charge >= 0.3 is 7.12 Å². The number of ether oxygens (including phenoxy) is 1. The third-order valence-corrected chi connectivity index (χ3v) is 2.13. The SMILES string of the molecule is CCOC(C)c1ccccc1B(O)O. The average molecular weight is 194 g/mol. The van der Waals surface area contributed by atoms with Crippen molar-refractivity contribution in [2.45, 2.75) is 20.0 Å². The van der Waals surface area contributed by atoms with E-state index in [2.05, 4.69) is 0 Å². The Labute approximate surface area is 84.5 Å². The molecule has 2 N–H and O–H groups in total. The molecule has 0 amide bonds. The summed E-state index contributed by atoms with van der Waals surface area (Å²) in [6.07, 6.45) is -0.113. The summed E-state index contributed by atoms with van der Waals surface area (Å²) in [4.78, 5) is 0. The fourth-order valence-electron chi connectivity index (χ4n) is 1.46. The Kier molecular flexibility index (Phi) is 4.13. The van der Waals surface area contributed by atoms with E-state index in [1.54, 1.807) is 12.1 Å². The molecule has 0 aromatic heterocycles. The van der Waals surface area contributed by atoms with Crippen molar-refractivity contribution in [2.24, 2.45) is 0 Å². The second kappa shape index (κ2) is 5.15. The maximum atomic E-state index is 9.12. The van der Waals surface area contributed by atoms with E-state index in [0.717, 1.165) is 5.56 Å². The van der Waals surface area contributed by atoms with Gasteiger partial charge in [0.25, 0.3) is 0 Å². The van der Waals surface area contributed by atoms with Crippen LogP contribution in [-0.2, 0) is 4.74 Å². The van der Waals surface area contributed by atoms with Crippen LogP contribution in [0.4, 0.5) is 0 Å². The predicted molar refractivity (Wildman–Crippen MR) is 56.3 cm³/mol. The Morgan fingerprint density at radius 3 is 2.57 bits per heavy atom. The van der Waals surface area contributed by atoms with Crippen molar-refractivity contribution in [1.29, 1.82) is 0 Å². The lowest BCUT2D eigenvalue weighted by molar-refractivity contribution is 0.0769. The minimum absolute atomic E-state index is 0.113. The van der Waals surface area contributed by atoms with Gasteiger partial charge < -0.3 is 14.8 Å². The first kappa shape index (κ1) is 11.2. The molecule has 0 radical (unpaired) electrons. The Hall–Kier alpha value is -0.835. The zero-order valence-electron chi connectivity index (χ0n) is 8.47. The molecule has 0 fully saturated rings. The molecule has 0 saturated carbocycles. The molecule has 0 heterocycles. The van der Waals surface area contributed by atoms with Crippen LogP contribution in [0.15, 0.2) is 24.3 Å². The lowest BCUT2D eigenvalue weighted by atomic mass is 9.76. The monoisotopic (exact) mass is 194 g/mol. The van der Waals surface area contributed by atoms with Crippen LogP contribution in [0, 0.1) is 0 Å². The minimum Gasteiger partial charge on any atom is -0.423 e. The molecule has 1 aromatic carbocycles. The summed E-state index contributed by atoms with van der Waals surface area (Å²) >= 11 is 0. The highest BCUT2D eigenvalue weighted by Crippen LogP contribution is 2.14. The summed E-state index contributed by atoms with van der Waals surface area (Å²) in [7, 11) is -1.44. The van der Waals surface area contributed by atoms with Crippen LogP contribution in [0.5, 0.6) is 0 Å². The highest BCUT2D eigenvalue weighted by Gasteiger charge is 2.18. The average Bonchev–Trinajstić information content (AvgIpc) is 2.18. The maximum Gasteiger partial charge on any atom is 0.488 e. The second-order valence-electron chi connectivity index (χ2n) is 3.10.